The third-order valence-electron chi connectivity index (χ3n) is 5.11. The van der Waals surface area contributed by atoms with Crippen LogP contribution in [0.5, 0.6) is 0 Å². The second-order valence-electron chi connectivity index (χ2n) is 5.82. The van der Waals surface area contributed by atoms with Crippen molar-refractivity contribution in [3.8, 4) is 0 Å². The van der Waals surface area contributed by atoms with Crippen LogP contribution in [-0.2, 0) is 14.3 Å². The second-order valence-corrected chi connectivity index (χ2v) is 5.82. The van der Waals surface area contributed by atoms with E-state index in [0.29, 0.717) is 19.1 Å². The first-order valence-electron chi connectivity index (χ1n) is 6.57. The number of ketones is 1. The molecule has 3 atom stereocenters. The zero-order valence-corrected chi connectivity index (χ0v) is 10.6. The van der Waals surface area contributed by atoms with Crippen molar-refractivity contribution in [2.24, 2.45) is 17.3 Å². The Labute approximate surface area is 102 Å². The molecule has 0 radical (unpaired) electrons. The van der Waals surface area contributed by atoms with Crippen molar-refractivity contribution in [2.45, 2.75) is 38.9 Å². The molecule has 0 bridgehead atoms. The van der Waals surface area contributed by atoms with Gasteiger partial charge in [-0.2, -0.15) is 0 Å². The van der Waals surface area contributed by atoms with Crippen LogP contribution in [0.1, 0.15) is 33.1 Å². The third-order valence-corrected chi connectivity index (χ3v) is 5.11. The fraction of sp³-hybridized carbons (Fsp3) is 0.786. The zero-order chi connectivity index (χ0) is 12.1. The van der Waals surface area contributed by atoms with Gasteiger partial charge < -0.3 is 9.47 Å². The summed E-state index contributed by atoms with van der Waals surface area (Å²) in [6.45, 7) is 5.68. The molecule has 1 spiro atoms. The van der Waals surface area contributed by atoms with E-state index in [1.165, 1.54) is 0 Å². The SMILES string of the molecule is C[C@H]1C2CC=CC(=O)[C@@]2(C)CCC12OCCO2. The Morgan fingerprint density at radius 2 is 2.00 bits per heavy atom. The van der Waals surface area contributed by atoms with Crippen molar-refractivity contribution in [1.82, 2.24) is 0 Å². The fourth-order valence-electron chi connectivity index (χ4n) is 3.87. The minimum Gasteiger partial charge on any atom is -0.347 e. The van der Waals surface area contributed by atoms with E-state index in [1.54, 1.807) is 6.08 Å². The molecule has 1 aliphatic heterocycles. The first kappa shape index (κ1) is 11.4. The molecule has 94 valence electrons. The number of allylic oxidation sites excluding steroid dienone is 2. The molecule has 0 aromatic rings. The number of hydrogen-bond acceptors (Lipinski definition) is 3. The summed E-state index contributed by atoms with van der Waals surface area (Å²) >= 11 is 0. The van der Waals surface area contributed by atoms with Crippen LogP contribution in [0.4, 0.5) is 0 Å². The molecule has 1 heterocycles. The average Bonchev–Trinajstić information content (AvgIpc) is 2.78. The van der Waals surface area contributed by atoms with Gasteiger partial charge in [-0.3, -0.25) is 4.79 Å². The highest BCUT2D eigenvalue weighted by Crippen LogP contribution is 2.54. The van der Waals surface area contributed by atoms with Crippen LogP contribution >= 0.6 is 0 Å². The lowest BCUT2D eigenvalue weighted by molar-refractivity contribution is -0.239. The summed E-state index contributed by atoms with van der Waals surface area (Å²) < 4.78 is 11.7. The van der Waals surface area contributed by atoms with Gasteiger partial charge in [0.25, 0.3) is 0 Å². The molecule has 2 aliphatic carbocycles. The van der Waals surface area contributed by atoms with Crippen LogP contribution in [0.3, 0.4) is 0 Å². The monoisotopic (exact) mass is 236 g/mol. The van der Waals surface area contributed by atoms with Gasteiger partial charge in [-0.05, 0) is 24.8 Å². The molecule has 0 amide bonds. The normalized spacial score (nSPS) is 44.0. The molecular weight excluding hydrogens is 216 g/mol. The smallest absolute Gasteiger partial charge is 0.171 e. The Morgan fingerprint density at radius 1 is 1.29 bits per heavy atom. The molecule has 3 heteroatoms. The van der Waals surface area contributed by atoms with Gasteiger partial charge in [0.15, 0.2) is 11.6 Å². The van der Waals surface area contributed by atoms with E-state index in [2.05, 4.69) is 13.8 Å². The van der Waals surface area contributed by atoms with Crippen LogP contribution < -0.4 is 0 Å². The number of fused-ring (bicyclic) bond motifs is 1. The maximum absolute atomic E-state index is 12.1. The van der Waals surface area contributed by atoms with Crippen LogP contribution in [0.2, 0.25) is 0 Å². The number of hydrogen-bond donors (Lipinski definition) is 0. The van der Waals surface area contributed by atoms with E-state index in [1.807, 2.05) is 6.08 Å². The summed E-state index contributed by atoms with van der Waals surface area (Å²) in [7, 11) is 0. The maximum Gasteiger partial charge on any atom is 0.171 e. The van der Waals surface area contributed by atoms with Crippen LogP contribution in [0.15, 0.2) is 12.2 Å². The van der Waals surface area contributed by atoms with Crippen LogP contribution in [-0.4, -0.2) is 24.8 Å². The minimum atomic E-state index is -0.407. The lowest BCUT2D eigenvalue weighted by Gasteiger charge is -2.51. The van der Waals surface area contributed by atoms with Gasteiger partial charge in [-0.15, -0.1) is 0 Å². The molecule has 0 aromatic carbocycles. The highest BCUT2D eigenvalue weighted by molar-refractivity contribution is 5.95. The van der Waals surface area contributed by atoms with E-state index in [0.717, 1.165) is 19.3 Å². The average molecular weight is 236 g/mol. The molecule has 3 nitrogen and oxygen atoms in total. The Bertz CT molecular complexity index is 368. The van der Waals surface area contributed by atoms with Gasteiger partial charge in [0.05, 0.1) is 13.2 Å². The number of rotatable bonds is 0. The molecule has 3 rings (SSSR count). The molecular formula is C14H20O3. The summed E-state index contributed by atoms with van der Waals surface area (Å²) in [6.07, 6.45) is 6.47. The topological polar surface area (TPSA) is 35.5 Å². The molecule has 0 N–H and O–H groups in total. The Hall–Kier alpha value is -0.670. The van der Waals surface area contributed by atoms with Gasteiger partial charge in [0.1, 0.15) is 0 Å². The summed E-state index contributed by atoms with van der Waals surface area (Å²) in [5.41, 5.74) is -0.200. The van der Waals surface area contributed by atoms with Crippen molar-refractivity contribution in [3.05, 3.63) is 12.2 Å². The Balaban J connectivity index is 1.94. The Kier molecular flexibility index (Phi) is 2.46. The van der Waals surface area contributed by atoms with Gasteiger partial charge in [-0.25, -0.2) is 0 Å². The predicted octanol–water partition coefficient (Wildman–Crippen LogP) is 2.31. The first-order valence-corrected chi connectivity index (χ1v) is 6.57. The number of carbonyl (C=O) groups excluding carboxylic acids is 1. The quantitative estimate of drug-likeness (QED) is 0.647. The van der Waals surface area contributed by atoms with E-state index in [9.17, 15) is 4.79 Å². The second kappa shape index (κ2) is 3.66. The highest BCUT2D eigenvalue weighted by Gasteiger charge is 2.57. The fourth-order valence-corrected chi connectivity index (χ4v) is 3.87. The minimum absolute atomic E-state index is 0.200. The molecule has 1 saturated heterocycles. The summed E-state index contributed by atoms with van der Waals surface area (Å²) in [5.74, 6) is 0.522. The highest BCUT2D eigenvalue weighted by atomic mass is 16.7. The molecule has 3 aliphatic rings. The van der Waals surface area contributed by atoms with Crippen LogP contribution in [0, 0.1) is 17.3 Å². The van der Waals surface area contributed by atoms with Gasteiger partial charge >= 0.3 is 0 Å². The zero-order valence-electron chi connectivity index (χ0n) is 10.6. The largest absolute Gasteiger partial charge is 0.347 e. The van der Waals surface area contributed by atoms with E-state index >= 15 is 0 Å². The van der Waals surface area contributed by atoms with E-state index < -0.39 is 5.79 Å². The standard InChI is InChI=1S/C14H20O3/c1-10-11-4-3-5-12(15)13(11,2)6-7-14(10)16-8-9-17-14/h3,5,10-11H,4,6-9H2,1-2H3/t10-,11?,13-/m0/s1. The lowest BCUT2D eigenvalue weighted by Crippen LogP contribution is -2.54. The van der Waals surface area contributed by atoms with Crippen molar-refractivity contribution in [1.29, 1.82) is 0 Å². The lowest BCUT2D eigenvalue weighted by atomic mass is 9.56. The first-order chi connectivity index (χ1) is 8.08. The van der Waals surface area contributed by atoms with Crippen molar-refractivity contribution < 1.29 is 14.3 Å². The van der Waals surface area contributed by atoms with Crippen molar-refractivity contribution in [2.75, 3.05) is 13.2 Å². The van der Waals surface area contributed by atoms with E-state index in [-0.39, 0.29) is 17.1 Å². The van der Waals surface area contributed by atoms with E-state index in [4.69, 9.17) is 9.47 Å². The summed E-state index contributed by atoms with van der Waals surface area (Å²) in [6, 6.07) is 0. The molecule has 2 fully saturated rings. The Morgan fingerprint density at radius 3 is 2.71 bits per heavy atom. The van der Waals surface area contributed by atoms with Crippen molar-refractivity contribution >= 4 is 5.78 Å². The summed E-state index contributed by atoms with van der Waals surface area (Å²) in [5, 5.41) is 0. The van der Waals surface area contributed by atoms with Crippen LogP contribution in [0.25, 0.3) is 0 Å². The predicted molar refractivity (Wildman–Crippen MR) is 63.4 cm³/mol. The summed E-state index contributed by atoms with van der Waals surface area (Å²) in [4.78, 5) is 12.1. The number of ether oxygens (including phenoxy) is 2. The van der Waals surface area contributed by atoms with Gasteiger partial charge in [0.2, 0.25) is 0 Å². The van der Waals surface area contributed by atoms with Gasteiger partial charge in [0, 0.05) is 17.8 Å². The van der Waals surface area contributed by atoms with Gasteiger partial charge in [-0.1, -0.05) is 19.9 Å². The maximum atomic E-state index is 12.1. The number of carbonyl (C=O) groups is 1. The third kappa shape index (κ3) is 1.45. The molecule has 17 heavy (non-hydrogen) atoms. The molecule has 1 saturated carbocycles. The molecule has 1 unspecified atom stereocenters. The molecule has 0 aromatic heterocycles. The van der Waals surface area contributed by atoms with Crippen molar-refractivity contribution in [3.63, 3.8) is 0 Å².